The minimum absolute atomic E-state index is 0. The first kappa shape index (κ1) is 23.1. The van der Waals surface area contributed by atoms with Gasteiger partial charge in [0.25, 0.3) is 0 Å². The van der Waals surface area contributed by atoms with E-state index in [1.807, 2.05) is 12.2 Å². The first-order chi connectivity index (χ1) is 10.4. The van der Waals surface area contributed by atoms with Gasteiger partial charge in [-0.1, -0.05) is 48.9 Å². The van der Waals surface area contributed by atoms with E-state index in [9.17, 15) is 0 Å². The van der Waals surface area contributed by atoms with Crippen LogP contribution in [0.25, 0.3) is 5.57 Å². The maximum Gasteiger partial charge on any atom is 4.00 e. The van der Waals surface area contributed by atoms with E-state index in [0.29, 0.717) is 5.92 Å². The Morgan fingerprint density at radius 1 is 0.917 bits per heavy atom. The molecule has 1 atom stereocenters. The van der Waals surface area contributed by atoms with Crippen LogP contribution in [0.5, 0.6) is 0 Å². The molecule has 2 aliphatic rings. The van der Waals surface area contributed by atoms with Gasteiger partial charge in [-0.2, -0.15) is 6.08 Å². The second kappa shape index (κ2) is 11.6. The summed E-state index contributed by atoms with van der Waals surface area (Å²) in [6, 6.07) is 19.0. The van der Waals surface area contributed by atoms with Gasteiger partial charge >= 0.3 is 26.2 Å². The number of allylic oxidation sites excluding steroid dienone is 5. The average Bonchev–Trinajstić information content (AvgIpc) is 3.21. The molecule has 0 aliphatic heterocycles. The van der Waals surface area contributed by atoms with Crippen molar-refractivity contribution in [1.82, 2.24) is 0 Å². The summed E-state index contributed by atoms with van der Waals surface area (Å²) in [6.07, 6.45) is 13.5. The van der Waals surface area contributed by atoms with Gasteiger partial charge in [-0.05, 0) is 5.92 Å². The molecule has 3 heteroatoms. The van der Waals surface area contributed by atoms with Crippen molar-refractivity contribution in [2.24, 2.45) is 0 Å². The van der Waals surface area contributed by atoms with E-state index in [4.69, 9.17) is 0 Å². The Balaban J connectivity index is 0.000000578. The molecular weight excluding hydrogens is 414 g/mol. The quantitative estimate of drug-likeness (QED) is 0.526. The van der Waals surface area contributed by atoms with Gasteiger partial charge in [-0.15, -0.1) is 47.4 Å². The Kier molecular flexibility index (Phi) is 11.2. The Morgan fingerprint density at radius 2 is 1.58 bits per heavy atom. The van der Waals surface area contributed by atoms with Gasteiger partial charge in [0.15, 0.2) is 0 Å². The molecule has 0 nitrogen and oxygen atoms in total. The van der Waals surface area contributed by atoms with Crippen LogP contribution in [-0.4, -0.2) is 0 Å². The molecule has 0 saturated heterocycles. The van der Waals surface area contributed by atoms with Crippen LogP contribution < -0.4 is 24.8 Å². The first-order valence-electron chi connectivity index (χ1n) is 7.36. The molecule has 0 radical (unpaired) electrons. The van der Waals surface area contributed by atoms with Crippen LogP contribution in [0.4, 0.5) is 0 Å². The molecule has 0 saturated carbocycles. The summed E-state index contributed by atoms with van der Waals surface area (Å²) in [5.74, 6) is 0.457. The van der Waals surface area contributed by atoms with E-state index in [0.717, 1.165) is 6.42 Å². The summed E-state index contributed by atoms with van der Waals surface area (Å²) in [5.41, 5.74) is 5.23. The van der Waals surface area contributed by atoms with Gasteiger partial charge in [0.05, 0.1) is 0 Å². The molecule has 2 aromatic rings. The van der Waals surface area contributed by atoms with Crippen molar-refractivity contribution in [2.45, 2.75) is 19.3 Å². The number of hydrogen-bond acceptors (Lipinski definition) is 0. The van der Waals surface area contributed by atoms with Crippen LogP contribution >= 0.6 is 0 Å². The summed E-state index contributed by atoms with van der Waals surface area (Å²) in [7, 11) is 0. The Morgan fingerprint density at radius 3 is 2.12 bits per heavy atom. The fraction of sp³-hybridized carbons (Fsp3) is 0.143. The number of benzene rings is 2. The second-order valence-electron chi connectivity index (χ2n) is 5.22. The van der Waals surface area contributed by atoms with Gasteiger partial charge in [0.1, 0.15) is 0 Å². The van der Waals surface area contributed by atoms with Crippen molar-refractivity contribution in [1.29, 1.82) is 0 Å². The van der Waals surface area contributed by atoms with Crippen molar-refractivity contribution >= 4 is 5.57 Å². The molecule has 0 fully saturated rings. The summed E-state index contributed by atoms with van der Waals surface area (Å²) >= 11 is 0. The monoisotopic (exact) mass is 430 g/mol. The van der Waals surface area contributed by atoms with Crippen LogP contribution in [0.3, 0.4) is 0 Å². The fourth-order valence-corrected chi connectivity index (χ4v) is 2.68. The van der Waals surface area contributed by atoms with E-state index in [1.165, 1.54) is 22.3 Å². The molecule has 120 valence electrons. The summed E-state index contributed by atoms with van der Waals surface area (Å²) in [5, 5.41) is 0. The topological polar surface area (TPSA) is 0 Å². The van der Waals surface area contributed by atoms with Crippen LogP contribution in [0.15, 0.2) is 72.8 Å². The summed E-state index contributed by atoms with van der Waals surface area (Å²) < 4.78 is 0. The molecule has 0 aromatic heterocycles. The summed E-state index contributed by atoms with van der Waals surface area (Å²) in [6.45, 7) is 2.25. The molecule has 1 unspecified atom stereocenters. The van der Waals surface area contributed by atoms with Crippen LogP contribution in [-0.2, 0) is 26.2 Å². The molecule has 0 spiro atoms. The Labute approximate surface area is 176 Å². The SMILES string of the molecule is CC1C(c2ccccc2)=[C-]c2ccccc21.[C-]1=CC=CC1.[Cl-].[Cl-].[Zr+4]. The zero-order valence-electron chi connectivity index (χ0n) is 13.5. The van der Waals surface area contributed by atoms with Crippen LogP contribution in [0.2, 0.25) is 0 Å². The number of rotatable bonds is 1. The van der Waals surface area contributed by atoms with E-state index < -0.39 is 0 Å². The van der Waals surface area contributed by atoms with Gasteiger partial charge in [-0.25, -0.2) is 12.2 Å². The third kappa shape index (κ3) is 5.59. The molecule has 4 rings (SSSR count). The van der Waals surface area contributed by atoms with E-state index in [2.05, 4.69) is 79.7 Å². The summed E-state index contributed by atoms with van der Waals surface area (Å²) in [4.78, 5) is 0. The molecular formula is C21H18Cl2Zr. The molecule has 0 N–H and O–H groups in total. The number of fused-ring (bicyclic) bond motifs is 1. The van der Waals surface area contributed by atoms with Gasteiger partial charge in [-0.3, -0.25) is 6.08 Å². The predicted molar refractivity (Wildman–Crippen MR) is 88.6 cm³/mol. The molecule has 0 amide bonds. The normalized spacial score (nSPS) is 15.7. The molecule has 0 heterocycles. The van der Waals surface area contributed by atoms with Crippen molar-refractivity contribution in [3.63, 3.8) is 0 Å². The Hall–Kier alpha value is -0.877. The van der Waals surface area contributed by atoms with E-state index in [-0.39, 0.29) is 51.0 Å². The van der Waals surface area contributed by atoms with E-state index in [1.54, 1.807) is 0 Å². The largest absolute Gasteiger partial charge is 4.00 e. The Bertz CT molecular complexity index is 693. The minimum Gasteiger partial charge on any atom is -1.00 e. The van der Waals surface area contributed by atoms with E-state index >= 15 is 0 Å². The molecule has 0 bridgehead atoms. The third-order valence-electron chi connectivity index (χ3n) is 3.80. The average molecular weight is 433 g/mol. The van der Waals surface area contributed by atoms with Crippen LogP contribution in [0.1, 0.15) is 36.0 Å². The fourth-order valence-electron chi connectivity index (χ4n) is 2.68. The standard InChI is InChI=1S/C16H13.C5H5.2ClH.Zr/c1-12-15-10-6-5-9-14(15)11-16(12)13-7-3-2-4-8-13;1-2-4-5-3-1;;;/h2-10,12H,1H3;1-3H,4H2;2*1H;/q2*-1;;;+4/p-2. The smallest absolute Gasteiger partial charge is 1.00 e. The zero-order valence-corrected chi connectivity index (χ0v) is 17.4. The molecule has 2 aromatic carbocycles. The van der Waals surface area contributed by atoms with Crippen molar-refractivity contribution < 1.29 is 51.0 Å². The van der Waals surface area contributed by atoms with Gasteiger partial charge in [0, 0.05) is 0 Å². The van der Waals surface area contributed by atoms with Crippen molar-refractivity contribution in [2.75, 3.05) is 0 Å². The maximum atomic E-state index is 3.52. The first-order valence-corrected chi connectivity index (χ1v) is 7.36. The minimum atomic E-state index is 0. The zero-order chi connectivity index (χ0) is 14.5. The van der Waals surface area contributed by atoms with Crippen molar-refractivity contribution in [3.05, 3.63) is 102 Å². The van der Waals surface area contributed by atoms with Crippen LogP contribution in [0, 0.1) is 12.2 Å². The van der Waals surface area contributed by atoms with Gasteiger partial charge in [0.2, 0.25) is 0 Å². The molecule has 24 heavy (non-hydrogen) atoms. The number of hydrogen-bond donors (Lipinski definition) is 0. The second-order valence-corrected chi connectivity index (χ2v) is 5.22. The third-order valence-corrected chi connectivity index (χ3v) is 3.80. The predicted octanol–water partition coefficient (Wildman–Crippen LogP) is -0.650. The van der Waals surface area contributed by atoms with Crippen molar-refractivity contribution in [3.8, 4) is 0 Å². The molecule has 2 aliphatic carbocycles. The van der Waals surface area contributed by atoms with Gasteiger partial charge < -0.3 is 24.8 Å². The maximum absolute atomic E-state index is 3.52. The number of halogens is 2.